The lowest BCUT2D eigenvalue weighted by Gasteiger charge is -2.36. The predicted octanol–water partition coefficient (Wildman–Crippen LogP) is 4.09. The number of imidazole rings is 1. The Balaban J connectivity index is 1.31. The van der Waals surface area contributed by atoms with E-state index in [1.165, 1.54) is 24.9 Å². The quantitative estimate of drug-likeness (QED) is 0.370. The van der Waals surface area contributed by atoms with Crippen LogP contribution < -0.4 is 15.4 Å². The molecule has 0 unspecified atom stereocenters. The van der Waals surface area contributed by atoms with E-state index in [1.807, 2.05) is 40.5 Å². The van der Waals surface area contributed by atoms with Crippen LogP contribution in [0.3, 0.4) is 0 Å². The van der Waals surface area contributed by atoms with Crippen LogP contribution in [0.2, 0.25) is 0 Å². The Morgan fingerprint density at radius 1 is 1.05 bits per heavy atom. The Kier molecular flexibility index (Phi) is 6.38. The largest absolute Gasteiger partial charge is 0.482 e. The lowest BCUT2D eigenvalue weighted by Crippen LogP contribution is -2.50. The number of piperidine rings is 1. The topological polar surface area (TPSA) is 120 Å². The van der Waals surface area contributed by atoms with Crippen molar-refractivity contribution >= 4 is 34.5 Å². The van der Waals surface area contributed by atoms with E-state index in [1.54, 1.807) is 14.2 Å². The van der Waals surface area contributed by atoms with E-state index < -0.39 is 6.09 Å². The van der Waals surface area contributed by atoms with Crippen LogP contribution in [0.15, 0.2) is 30.3 Å². The minimum Gasteiger partial charge on any atom is -0.482 e. The zero-order valence-electron chi connectivity index (χ0n) is 24.5. The highest BCUT2D eigenvalue weighted by Gasteiger charge is 2.41. The monoisotopic (exact) mass is 571 g/mol. The van der Waals surface area contributed by atoms with Crippen LogP contribution in [-0.4, -0.2) is 76.2 Å². The van der Waals surface area contributed by atoms with Gasteiger partial charge in [-0.1, -0.05) is 0 Å². The number of carbonyl (C=O) groups excluding carboxylic acids is 2. The highest BCUT2D eigenvalue weighted by atomic mass is 16.5. The van der Waals surface area contributed by atoms with Crippen molar-refractivity contribution in [3.8, 4) is 17.3 Å². The van der Waals surface area contributed by atoms with Crippen LogP contribution >= 0.6 is 0 Å². The third kappa shape index (κ3) is 4.29. The van der Waals surface area contributed by atoms with Crippen LogP contribution in [-0.2, 0) is 11.3 Å². The molecule has 0 aromatic carbocycles. The molecule has 2 saturated carbocycles. The van der Waals surface area contributed by atoms with Crippen molar-refractivity contribution < 1.29 is 19.1 Å². The van der Waals surface area contributed by atoms with Crippen LogP contribution in [0.1, 0.15) is 41.7 Å². The van der Waals surface area contributed by atoms with Gasteiger partial charge in [-0.3, -0.25) is 14.1 Å². The Morgan fingerprint density at radius 2 is 1.79 bits per heavy atom. The highest BCUT2D eigenvalue weighted by molar-refractivity contribution is 5.96. The molecule has 11 heteroatoms. The predicted molar refractivity (Wildman–Crippen MR) is 159 cm³/mol. The van der Waals surface area contributed by atoms with Crippen LogP contribution in [0.25, 0.3) is 28.1 Å². The lowest BCUT2D eigenvalue weighted by atomic mass is 9.92. The Labute approximate surface area is 244 Å². The van der Waals surface area contributed by atoms with Gasteiger partial charge in [-0.2, -0.15) is 0 Å². The number of methoxy groups -OCH3 is 2. The maximum absolute atomic E-state index is 13.7. The van der Waals surface area contributed by atoms with E-state index in [2.05, 4.69) is 10.6 Å². The zero-order chi connectivity index (χ0) is 29.3. The van der Waals surface area contributed by atoms with Crippen LogP contribution in [0, 0.1) is 24.7 Å². The number of carbonyl (C=O) groups is 2. The Bertz CT molecular complexity index is 1710. The fraction of sp³-hybridized carbons (Fsp3) is 0.484. The van der Waals surface area contributed by atoms with Gasteiger partial charge < -0.3 is 24.7 Å². The van der Waals surface area contributed by atoms with E-state index >= 15 is 0 Å². The molecule has 1 saturated heterocycles. The van der Waals surface area contributed by atoms with E-state index in [0.29, 0.717) is 53.8 Å². The molecule has 2 bridgehead atoms. The zero-order valence-corrected chi connectivity index (χ0v) is 24.5. The van der Waals surface area contributed by atoms with Crippen molar-refractivity contribution in [3.63, 3.8) is 0 Å². The first-order chi connectivity index (χ1) is 20.3. The average molecular weight is 572 g/mol. The third-order valence-electron chi connectivity index (χ3n) is 9.47. The van der Waals surface area contributed by atoms with Crippen LogP contribution in [0.4, 0.5) is 10.6 Å². The summed E-state index contributed by atoms with van der Waals surface area (Å²) in [4.78, 5) is 39.2. The molecule has 2 amide bonds. The highest BCUT2D eigenvalue weighted by Crippen LogP contribution is 2.39. The molecular weight excluding hydrogens is 534 g/mol. The second kappa shape index (κ2) is 10.0. The van der Waals surface area contributed by atoms with Crippen molar-refractivity contribution in [2.24, 2.45) is 23.5 Å². The van der Waals surface area contributed by atoms with Gasteiger partial charge in [-0.15, -0.1) is 0 Å². The van der Waals surface area contributed by atoms with Gasteiger partial charge in [0, 0.05) is 49.7 Å². The molecule has 4 aromatic heterocycles. The first-order valence-electron chi connectivity index (χ1n) is 14.7. The number of nitrogens with zero attached hydrogens (tertiary/aromatic N) is 6. The number of fused-ring (bicyclic) bond motifs is 4. The minimum atomic E-state index is -0.476. The second-order valence-corrected chi connectivity index (χ2v) is 12.1. The summed E-state index contributed by atoms with van der Waals surface area (Å²) in [5.41, 5.74) is 11.1. The number of anilines is 1. The summed E-state index contributed by atoms with van der Waals surface area (Å²) in [6.45, 7) is 4.23. The minimum absolute atomic E-state index is 0.00361. The number of likely N-dealkylation sites (tertiary alicyclic amines) is 1. The number of hydrogen-bond donors (Lipinski definition) is 1. The van der Waals surface area contributed by atoms with Crippen molar-refractivity contribution in [1.82, 2.24) is 23.8 Å². The molecule has 5 heterocycles. The number of rotatable bonds is 6. The smallest absolute Gasteiger partial charge is 0.414 e. The van der Waals surface area contributed by atoms with Gasteiger partial charge in [0.05, 0.1) is 25.6 Å². The summed E-state index contributed by atoms with van der Waals surface area (Å²) < 4.78 is 14.9. The van der Waals surface area contributed by atoms with E-state index in [9.17, 15) is 9.59 Å². The lowest BCUT2D eigenvalue weighted by molar-refractivity contribution is 0.0636. The number of aromatic nitrogens is 4. The number of ether oxygens (including phenoxy) is 2. The van der Waals surface area contributed by atoms with Crippen LogP contribution in [0.5, 0.6) is 5.88 Å². The van der Waals surface area contributed by atoms with Gasteiger partial charge in [-0.05, 0) is 74.6 Å². The average Bonchev–Trinajstić information content (AvgIpc) is 3.64. The van der Waals surface area contributed by atoms with Gasteiger partial charge in [-0.25, -0.2) is 14.8 Å². The van der Waals surface area contributed by atoms with Crippen molar-refractivity contribution in [2.75, 3.05) is 39.3 Å². The number of aryl methyl sites for hydroxylation is 1. The molecule has 11 nitrogen and oxygen atoms in total. The number of nitrogens with two attached hydrogens (primary N) is 1. The molecule has 2 N–H and O–H groups in total. The molecule has 3 aliphatic rings. The van der Waals surface area contributed by atoms with Gasteiger partial charge in [0.1, 0.15) is 22.8 Å². The molecular formula is C31H37N7O4. The van der Waals surface area contributed by atoms with Crippen molar-refractivity contribution in [3.05, 3.63) is 41.6 Å². The Hall–Kier alpha value is -4.12. The summed E-state index contributed by atoms with van der Waals surface area (Å²) in [5, 5.41) is 0.963. The van der Waals surface area contributed by atoms with E-state index in [-0.39, 0.29) is 11.9 Å². The SMILES string of the molecule is COC(=O)N(C)c1ccc2cc(-c3nc4cc(C(=O)N5C[C@H]6CC[C@@H](C5)[C@@H]6N)cc(OC)n4c3C)n(CC3CC3)c2n1. The first-order valence-corrected chi connectivity index (χ1v) is 14.7. The molecule has 42 heavy (non-hydrogen) atoms. The number of hydrogen-bond acceptors (Lipinski definition) is 7. The summed E-state index contributed by atoms with van der Waals surface area (Å²) in [7, 11) is 4.63. The second-order valence-electron chi connectivity index (χ2n) is 12.1. The van der Waals surface area contributed by atoms with Crippen molar-refractivity contribution in [1.29, 1.82) is 0 Å². The normalized spacial score (nSPS) is 21.7. The summed E-state index contributed by atoms with van der Waals surface area (Å²) in [6.07, 6.45) is 4.05. The standard InChI is InChI=1S/C31H37N7O4/c1-17-28(23-11-19-9-10-24(35(2)31(40)42-4)34-29(19)37(23)14-18-5-6-18)33-25-12-22(13-26(41-3)38(17)25)30(39)36-15-20-7-8-21(16-36)27(20)32/h9-13,18,20-21,27H,5-8,14-16,32H2,1-4H3/t20-,21+,27-. The Morgan fingerprint density at radius 3 is 2.45 bits per heavy atom. The molecule has 3 fully saturated rings. The fourth-order valence-corrected chi connectivity index (χ4v) is 6.88. The molecule has 2 aliphatic carbocycles. The maximum atomic E-state index is 13.7. The number of pyridine rings is 2. The van der Waals surface area contributed by atoms with Crippen molar-refractivity contribution in [2.45, 2.75) is 45.2 Å². The first kappa shape index (κ1) is 26.8. The van der Waals surface area contributed by atoms with Gasteiger partial charge in [0.15, 0.2) is 5.88 Å². The van der Waals surface area contributed by atoms with Gasteiger partial charge >= 0.3 is 6.09 Å². The summed E-state index contributed by atoms with van der Waals surface area (Å²) in [5.74, 6) is 2.39. The molecule has 1 aliphatic heterocycles. The summed E-state index contributed by atoms with van der Waals surface area (Å²) in [6, 6.07) is 9.78. The maximum Gasteiger partial charge on any atom is 0.414 e. The van der Waals surface area contributed by atoms with E-state index in [4.69, 9.17) is 25.2 Å². The molecule has 4 aromatic rings. The molecule has 7 rings (SSSR count). The third-order valence-corrected chi connectivity index (χ3v) is 9.47. The van der Waals surface area contributed by atoms with Gasteiger partial charge in [0.2, 0.25) is 0 Å². The summed E-state index contributed by atoms with van der Waals surface area (Å²) >= 11 is 0. The molecule has 0 radical (unpaired) electrons. The van der Waals surface area contributed by atoms with E-state index in [0.717, 1.165) is 47.5 Å². The fourth-order valence-electron chi connectivity index (χ4n) is 6.88. The van der Waals surface area contributed by atoms with Gasteiger partial charge in [0.25, 0.3) is 5.91 Å². The molecule has 220 valence electrons. The molecule has 3 atom stereocenters. The number of amides is 2. The molecule has 0 spiro atoms.